The van der Waals surface area contributed by atoms with Crippen molar-refractivity contribution < 1.29 is 13.2 Å². The van der Waals surface area contributed by atoms with E-state index in [2.05, 4.69) is 10.2 Å². The Hall–Kier alpha value is -1.31. The Labute approximate surface area is 132 Å². The lowest BCUT2D eigenvalue weighted by Gasteiger charge is -2.09. The third-order valence-electron chi connectivity index (χ3n) is 2.64. The molecule has 1 heterocycles. The number of hydrogen-bond acceptors (Lipinski definition) is 5. The number of rotatable bonds is 6. The van der Waals surface area contributed by atoms with Crippen molar-refractivity contribution in [2.24, 2.45) is 0 Å². The first-order valence-electron chi connectivity index (χ1n) is 6.17. The van der Waals surface area contributed by atoms with E-state index < -0.39 is 9.05 Å². The van der Waals surface area contributed by atoms with Gasteiger partial charge >= 0.3 is 0 Å². The topological polar surface area (TPSA) is 74.1 Å². The van der Waals surface area contributed by atoms with Gasteiger partial charge in [-0.25, -0.2) is 8.42 Å². The van der Waals surface area contributed by atoms with Gasteiger partial charge in [-0.3, -0.25) is 4.57 Å². The summed E-state index contributed by atoms with van der Waals surface area (Å²) < 4.78 is 29.9. The molecule has 0 saturated heterocycles. The van der Waals surface area contributed by atoms with E-state index in [4.69, 9.17) is 27.0 Å². The van der Waals surface area contributed by atoms with Gasteiger partial charge in [0.25, 0.3) is 14.2 Å². The minimum atomic E-state index is -3.93. The van der Waals surface area contributed by atoms with E-state index in [9.17, 15) is 8.42 Å². The van der Waals surface area contributed by atoms with E-state index >= 15 is 0 Å². The normalized spacial score (nSPS) is 11.6. The molecule has 114 valence electrons. The SMILES string of the molecule is CCCn1c(COc2ccc(Cl)cc2)nnc1S(=O)(=O)Cl. The van der Waals surface area contributed by atoms with Crippen molar-refractivity contribution in [1.29, 1.82) is 0 Å². The number of aromatic nitrogens is 3. The Bertz CT molecular complexity index is 714. The second-order valence-corrected chi connectivity index (χ2v) is 7.13. The minimum absolute atomic E-state index is 0.0844. The van der Waals surface area contributed by atoms with E-state index in [0.717, 1.165) is 0 Å². The molecule has 21 heavy (non-hydrogen) atoms. The highest BCUT2D eigenvalue weighted by molar-refractivity contribution is 8.13. The first kappa shape index (κ1) is 16.1. The van der Waals surface area contributed by atoms with Crippen LogP contribution in [0.15, 0.2) is 29.4 Å². The van der Waals surface area contributed by atoms with Gasteiger partial charge in [-0.15, -0.1) is 10.2 Å². The highest BCUT2D eigenvalue weighted by Crippen LogP contribution is 2.18. The maximum atomic E-state index is 11.4. The Kier molecular flexibility index (Phi) is 5.08. The van der Waals surface area contributed by atoms with Crippen molar-refractivity contribution in [1.82, 2.24) is 14.8 Å². The molecular weight excluding hydrogens is 337 g/mol. The van der Waals surface area contributed by atoms with Crippen molar-refractivity contribution in [3.63, 3.8) is 0 Å². The lowest BCUT2D eigenvalue weighted by Crippen LogP contribution is -2.11. The summed E-state index contributed by atoms with van der Waals surface area (Å²) in [6.45, 7) is 2.43. The van der Waals surface area contributed by atoms with Crippen LogP contribution >= 0.6 is 22.3 Å². The molecule has 1 aromatic heterocycles. The van der Waals surface area contributed by atoms with Gasteiger partial charge in [-0.1, -0.05) is 18.5 Å². The summed E-state index contributed by atoms with van der Waals surface area (Å²) in [4.78, 5) is 0. The number of hydrogen-bond donors (Lipinski definition) is 0. The molecule has 0 atom stereocenters. The molecule has 0 unspecified atom stereocenters. The van der Waals surface area contributed by atoms with E-state index in [1.807, 2.05) is 6.92 Å². The third kappa shape index (κ3) is 4.09. The summed E-state index contributed by atoms with van der Waals surface area (Å²) >= 11 is 5.79. The highest BCUT2D eigenvalue weighted by Gasteiger charge is 2.22. The standard InChI is InChI=1S/C12H13Cl2N3O3S/c1-2-7-17-11(15-16-12(17)21(14,18)19)8-20-10-5-3-9(13)4-6-10/h3-6H,2,7-8H2,1H3. The lowest BCUT2D eigenvalue weighted by molar-refractivity contribution is 0.287. The van der Waals surface area contributed by atoms with Gasteiger partial charge in [0.15, 0.2) is 5.82 Å². The quantitative estimate of drug-likeness (QED) is 0.749. The Balaban J connectivity index is 2.20. The zero-order chi connectivity index (χ0) is 15.5. The monoisotopic (exact) mass is 349 g/mol. The largest absolute Gasteiger partial charge is 0.486 e. The van der Waals surface area contributed by atoms with Crippen molar-refractivity contribution in [2.45, 2.75) is 31.7 Å². The molecule has 9 heteroatoms. The van der Waals surface area contributed by atoms with Crippen molar-refractivity contribution in [3.05, 3.63) is 35.1 Å². The Morgan fingerprint density at radius 1 is 1.24 bits per heavy atom. The average Bonchev–Trinajstić information content (AvgIpc) is 2.82. The molecule has 0 saturated carbocycles. The fourth-order valence-corrected chi connectivity index (χ4v) is 2.80. The summed E-state index contributed by atoms with van der Waals surface area (Å²) in [6.07, 6.45) is 0.714. The van der Waals surface area contributed by atoms with Crippen LogP contribution in [0, 0.1) is 0 Å². The predicted molar refractivity (Wildman–Crippen MR) is 79.1 cm³/mol. The molecule has 0 aliphatic rings. The van der Waals surface area contributed by atoms with Crippen LogP contribution in [-0.2, 0) is 22.2 Å². The van der Waals surface area contributed by atoms with Crippen LogP contribution in [0.25, 0.3) is 0 Å². The molecule has 1 aromatic carbocycles. The van der Waals surface area contributed by atoms with Gasteiger partial charge in [0.1, 0.15) is 12.4 Å². The number of halogens is 2. The molecule has 0 aliphatic carbocycles. The lowest BCUT2D eigenvalue weighted by atomic mass is 10.3. The van der Waals surface area contributed by atoms with Crippen LogP contribution in [0.5, 0.6) is 5.75 Å². The highest BCUT2D eigenvalue weighted by atomic mass is 35.7. The smallest absolute Gasteiger partial charge is 0.296 e. The van der Waals surface area contributed by atoms with Gasteiger partial charge < -0.3 is 4.74 Å². The predicted octanol–water partition coefficient (Wildman–Crippen LogP) is 2.85. The van der Waals surface area contributed by atoms with Crippen molar-refractivity contribution in [2.75, 3.05) is 0 Å². The molecule has 0 fully saturated rings. The molecule has 0 N–H and O–H groups in total. The second-order valence-electron chi connectivity index (χ2n) is 4.23. The third-order valence-corrected chi connectivity index (χ3v) is 4.04. The fraction of sp³-hybridized carbons (Fsp3) is 0.333. The zero-order valence-corrected chi connectivity index (χ0v) is 13.5. The molecule has 0 aliphatic heterocycles. The van der Waals surface area contributed by atoms with E-state index in [1.165, 1.54) is 4.57 Å². The summed E-state index contributed by atoms with van der Waals surface area (Å²) in [5, 5.41) is 7.80. The first-order chi connectivity index (χ1) is 9.91. The van der Waals surface area contributed by atoms with Gasteiger partial charge in [-0.05, 0) is 30.7 Å². The molecular formula is C12H13Cl2N3O3S. The maximum Gasteiger partial charge on any atom is 0.296 e. The molecule has 0 amide bonds. The maximum absolute atomic E-state index is 11.4. The van der Waals surface area contributed by atoms with E-state index in [0.29, 0.717) is 29.6 Å². The van der Waals surface area contributed by atoms with Gasteiger partial charge in [0, 0.05) is 22.2 Å². The van der Waals surface area contributed by atoms with Crippen LogP contribution in [0.3, 0.4) is 0 Å². The molecule has 0 radical (unpaired) electrons. The Morgan fingerprint density at radius 2 is 1.90 bits per heavy atom. The van der Waals surface area contributed by atoms with Crippen LogP contribution in [0.2, 0.25) is 5.02 Å². The summed E-state index contributed by atoms with van der Waals surface area (Å²) in [5.74, 6) is 0.992. The van der Waals surface area contributed by atoms with Gasteiger partial charge in [0.2, 0.25) is 0 Å². The fourth-order valence-electron chi connectivity index (χ4n) is 1.73. The second kappa shape index (κ2) is 6.64. The van der Waals surface area contributed by atoms with Crippen molar-refractivity contribution >= 4 is 31.3 Å². The zero-order valence-electron chi connectivity index (χ0n) is 11.2. The first-order valence-corrected chi connectivity index (χ1v) is 8.85. The average molecular weight is 350 g/mol. The van der Waals surface area contributed by atoms with Gasteiger partial charge in [-0.2, -0.15) is 0 Å². The summed E-state index contributed by atoms with van der Waals surface area (Å²) in [5.41, 5.74) is 0. The van der Waals surface area contributed by atoms with Crippen LogP contribution < -0.4 is 4.74 Å². The molecule has 6 nitrogen and oxygen atoms in total. The van der Waals surface area contributed by atoms with E-state index in [-0.39, 0.29) is 11.8 Å². The van der Waals surface area contributed by atoms with E-state index in [1.54, 1.807) is 24.3 Å². The molecule has 0 spiro atoms. The molecule has 0 bridgehead atoms. The molecule has 2 aromatic rings. The summed E-state index contributed by atoms with van der Waals surface area (Å²) in [7, 11) is 1.41. The van der Waals surface area contributed by atoms with Crippen molar-refractivity contribution in [3.8, 4) is 5.75 Å². The number of benzene rings is 1. The minimum Gasteiger partial charge on any atom is -0.486 e. The van der Waals surface area contributed by atoms with Crippen LogP contribution in [-0.4, -0.2) is 23.2 Å². The number of nitrogens with zero attached hydrogens (tertiary/aromatic N) is 3. The summed E-state index contributed by atoms with van der Waals surface area (Å²) in [6, 6.07) is 6.81. The van der Waals surface area contributed by atoms with Crippen LogP contribution in [0.1, 0.15) is 19.2 Å². The Morgan fingerprint density at radius 3 is 2.48 bits per heavy atom. The number of ether oxygens (including phenoxy) is 1. The molecule has 2 rings (SSSR count). The van der Waals surface area contributed by atoms with Crippen LogP contribution in [0.4, 0.5) is 0 Å². The van der Waals surface area contributed by atoms with Gasteiger partial charge in [0.05, 0.1) is 0 Å².